The summed E-state index contributed by atoms with van der Waals surface area (Å²) in [6, 6.07) is 12.9. The van der Waals surface area contributed by atoms with E-state index in [1.807, 2.05) is 42.2 Å². The van der Waals surface area contributed by atoms with Crippen LogP contribution >= 0.6 is 34.8 Å². The van der Waals surface area contributed by atoms with Crippen LogP contribution in [-0.2, 0) is 0 Å². The second kappa shape index (κ2) is 11.8. The van der Waals surface area contributed by atoms with Gasteiger partial charge in [-0.25, -0.2) is 4.68 Å². The number of benzene rings is 2. The SMILES string of the molecule is Cc1c(C(=O)N2CCN(CCCC3[C@H]4C[C@@H]5C[C@@H](C[C@H]3C5)C4)CC2)nn(-c2ccc(Cl)cc2Cl)c1-c1ccc(Cl)cc1. The number of hydrogen-bond acceptors (Lipinski definition) is 3. The molecule has 0 N–H and O–H groups in total. The first-order chi connectivity index (χ1) is 20.3. The third kappa shape index (κ3) is 5.51. The number of halogens is 3. The summed E-state index contributed by atoms with van der Waals surface area (Å²) in [5.74, 6) is 5.07. The molecule has 4 bridgehead atoms. The molecule has 222 valence electrons. The molecule has 5 nitrogen and oxygen atoms in total. The summed E-state index contributed by atoms with van der Waals surface area (Å²) in [7, 11) is 0. The van der Waals surface area contributed by atoms with Crippen molar-refractivity contribution in [2.45, 2.75) is 51.9 Å². The quantitative estimate of drug-likeness (QED) is 0.265. The highest BCUT2D eigenvalue weighted by Crippen LogP contribution is 2.57. The molecule has 8 rings (SSSR count). The molecule has 1 saturated heterocycles. The van der Waals surface area contributed by atoms with E-state index in [2.05, 4.69) is 4.90 Å². The van der Waals surface area contributed by atoms with Gasteiger partial charge >= 0.3 is 0 Å². The molecular formula is C34H39Cl3N4O. The Morgan fingerprint density at radius 3 is 2.14 bits per heavy atom. The van der Waals surface area contributed by atoms with Crippen LogP contribution in [0.15, 0.2) is 42.5 Å². The Bertz CT molecular complexity index is 1430. The monoisotopic (exact) mass is 624 g/mol. The van der Waals surface area contributed by atoms with E-state index in [-0.39, 0.29) is 5.91 Å². The Hall–Kier alpha value is -2.05. The van der Waals surface area contributed by atoms with Crippen LogP contribution in [0.4, 0.5) is 0 Å². The summed E-state index contributed by atoms with van der Waals surface area (Å²) in [5, 5.41) is 6.53. The number of piperazine rings is 1. The van der Waals surface area contributed by atoms with E-state index in [1.54, 1.807) is 16.8 Å². The van der Waals surface area contributed by atoms with Gasteiger partial charge in [-0.05, 0) is 118 Å². The standard InChI is InChI=1S/C34H39Cl3N4O/c1-21-32(38-41(31-9-8-28(36)20-30(31)37)33(21)24-4-6-27(35)7-5-24)34(42)40-13-11-39(12-14-40)10-2-3-29-25-16-22-15-23(18-25)19-26(29)17-22/h4-9,20,22-23,25-26,29H,2-3,10-19H2,1H3/t22-,23+,25-,26+,29?. The highest BCUT2D eigenvalue weighted by Gasteiger charge is 2.47. The maximum Gasteiger partial charge on any atom is 0.274 e. The molecule has 1 aromatic heterocycles. The first kappa shape index (κ1) is 28.7. The first-order valence-electron chi connectivity index (χ1n) is 15.7. The fourth-order valence-corrected chi connectivity index (χ4v) is 9.47. The highest BCUT2D eigenvalue weighted by atomic mass is 35.5. The molecule has 2 aromatic carbocycles. The van der Waals surface area contributed by atoms with E-state index in [0.29, 0.717) is 26.4 Å². The fourth-order valence-electron chi connectivity index (χ4n) is 8.86. The lowest BCUT2D eigenvalue weighted by Crippen LogP contribution is -2.49. The second-order valence-corrected chi connectivity index (χ2v) is 14.5. The highest BCUT2D eigenvalue weighted by molar-refractivity contribution is 6.35. The number of hydrogen-bond donors (Lipinski definition) is 0. The number of carbonyl (C=O) groups excluding carboxylic acids is 1. The molecule has 5 aliphatic rings. The zero-order valence-corrected chi connectivity index (χ0v) is 26.5. The lowest BCUT2D eigenvalue weighted by molar-refractivity contribution is -0.0412. The smallest absolute Gasteiger partial charge is 0.274 e. The van der Waals surface area contributed by atoms with Gasteiger partial charge in [0.15, 0.2) is 5.69 Å². The molecule has 4 saturated carbocycles. The molecule has 5 fully saturated rings. The van der Waals surface area contributed by atoms with E-state index < -0.39 is 0 Å². The fraction of sp³-hybridized carbons (Fsp3) is 0.529. The number of carbonyl (C=O) groups is 1. The molecule has 0 atom stereocenters. The predicted molar refractivity (Wildman–Crippen MR) is 171 cm³/mol. The van der Waals surface area contributed by atoms with E-state index in [1.165, 1.54) is 44.9 Å². The molecule has 0 unspecified atom stereocenters. The van der Waals surface area contributed by atoms with Crippen molar-refractivity contribution in [2.75, 3.05) is 32.7 Å². The summed E-state index contributed by atoms with van der Waals surface area (Å²) in [6.07, 6.45) is 10.3. The van der Waals surface area contributed by atoms with Gasteiger partial charge in [0.25, 0.3) is 5.91 Å². The van der Waals surface area contributed by atoms with Gasteiger partial charge in [-0.15, -0.1) is 0 Å². The van der Waals surface area contributed by atoms with Crippen LogP contribution in [0, 0.1) is 36.5 Å². The van der Waals surface area contributed by atoms with Gasteiger partial charge < -0.3 is 4.90 Å². The van der Waals surface area contributed by atoms with E-state index in [0.717, 1.165) is 79.1 Å². The first-order valence-corrected chi connectivity index (χ1v) is 16.8. The zero-order valence-electron chi connectivity index (χ0n) is 24.2. The van der Waals surface area contributed by atoms with Gasteiger partial charge in [-0.1, -0.05) is 46.9 Å². The average Bonchev–Trinajstić information content (AvgIpc) is 3.31. The Morgan fingerprint density at radius 2 is 1.50 bits per heavy atom. The molecule has 8 heteroatoms. The Kier molecular flexibility index (Phi) is 8.06. The van der Waals surface area contributed by atoms with Crippen LogP contribution in [0.1, 0.15) is 61.0 Å². The van der Waals surface area contributed by atoms with Gasteiger partial charge in [-0.3, -0.25) is 9.69 Å². The molecule has 1 aliphatic heterocycles. The van der Waals surface area contributed by atoms with Crippen molar-refractivity contribution in [1.29, 1.82) is 0 Å². The third-order valence-corrected chi connectivity index (χ3v) is 11.5. The maximum absolute atomic E-state index is 13.9. The minimum Gasteiger partial charge on any atom is -0.335 e. The Labute approximate surface area is 264 Å². The lowest BCUT2D eigenvalue weighted by Gasteiger charge is -2.54. The summed E-state index contributed by atoms with van der Waals surface area (Å²) in [4.78, 5) is 18.4. The topological polar surface area (TPSA) is 41.4 Å². The van der Waals surface area contributed by atoms with Crippen molar-refractivity contribution in [3.63, 3.8) is 0 Å². The van der Waals surface area contributed by atoms with Crippen LogP contribution in [0.2, 0.25) is 15.1 Å². The van der Waals surface area contributed by atoms with Gasteiger partial charge in [0.1, 0.15) is 0 Å². The van der Waals surface area contributed by atoms with Crippen molar-refractivity contribution in [3.8, 4) is 16.9 Å². The number of rotatable bonds is 7. The van der Waals surface area contributed by atoms with Crippen molar-refractivity contribution in [3.05, 3.63) is 68.8 Å². The third-order valence-electron chi connectivity index (χ3n) is 10.7. The van der Waals surface area contributed by atoms with Crippen molar-refractivity contribution < 1.29 is 4.79 Å². The second-order valence-electron chi connectivity index (χ2n) is 13.2. The Balaban J connectivity index is 1.02. The van der Waals surface area contributed by atoms with Crippen LogP contribution in [-0.4, -0.2) is 58.2 Å². The van der Waals surface area contributed by atoms with Crippen LogP contribution in [0.3, 0.4) is 0 Å². The van der Waals surface area contributed by atoms with Crippen molar-refractivity contribution in [1.82, 2.24) is 19.6 Å². The Morgan fingerprint density at radius 1 is 0.857 bits per heavy atom. The van der Waals surface area contributed by atoms with Crippen LogP contribution in [0.25, 0.3) is 16.9 Å². The number of nitrogens with zero attached hydrogens (tertiary/aromatic N) is 4. The minimum atomic E-state index is -0.0280. The molecular weight excluding hydrogens is 587 g/mol. The number of amides is 1. The van der Waals surface area contributed by atoms with E-state index in [9.17, 15) is 4.79 Å². The van der Waals surface area contributed by atoms with Crippen molar-refractivity contribution in [2.24, 2.45) is 29.6 Å². The van der Waals surface area contributed by atoms with E-state index in [4.69, 9.17) is 39.9 Å². The van der Waals surface area contributed by atoms with Crippen molar-refractivity contribution >= 4 is 40.7 Å². The summed E-state index contributed by atoms with van der Waals surface area (Å²) in [5.41, 5.74) is 3.70. The molecule has 2 heterocycles. The van der Waals surface area contributed by atoms with Gasteiger partial charge in [0, 0.05) is 47.4 Å². The molecule has 1 amide bonds. The largest absolute Gasteiger partial charge is 0.335 e. The minimum absolute atomic E-state index is 0.0280. The predicted octanol–water partition coefficient (Wildman–Crippen LogP) is 8.42. The maximum atomic E-state index is 13.9. The van der Waals surface area contributed by atoms with E-state index >= 15 is 0 Å². The summed E-state index contributed by atoms with van der Waals surface area (Å²) in [6.45, 7) is 6.39. The normalized spacial score (nSPS) is 27.1. The zero-order chi connectivity index (χ0) is 29.0. The molecule has 0 spiro atoms. The van der Waals surface area contributed by atoms with Gasteiger partial charge in [-0.2, -0.15) is 5.10 Å². The summed E-state index contributed by atoms with van der Waals surface area (Å²) < 4.78 is 1.77. The van der Waals surface area contributed by atoms with Crippen LogP contribution in [0.5, 0.6) is 0 Å². The van der Waals surface area contributed by atoms with Gasteiger partial charge in [0.05, 0.1) is 16.4 Å². The molecule has 4 aliphatic carbocycles. The van der Waals surface area contributed by atoms with Gasteiger partial charge in [0.2, 0.25) is 0 Å². The average molecular weight is 626 g/mol. The van der Waals surface area contributed by atoms with Crippen LogP contribution < -0.4 is 0 Å². The lowest BCUT2D eigenvalue weighted by atomic mass is 9.51. The molecule has 0 radical (unpaired) electrons. The molecule has 42 heavy (non-hydrogen) atoms. The summed E-state index contributed by atoms with van der Waals surface area (Å²) >= 11 is 19.0. The number of aromatic nitrogens is 2. The molecule has 3 aromatic rings.